The van der Waals surface area contributed by atoms with E-state index in [-0.39, 0.29) is 23.9 Å². The molecule has 1 amide bonds. The van der Waals surface area contributed by atoms with E-state index in [4.69, 9.17) is 17.3 Å². The SMILES string of the molecule is Cc1cc(Cl)ccc1C(=O)NC(C)(CN)C1CC1.Cl. The van der Waals surface area contributed by atoms with Gasteiger partial charge in [0.1, 0.15) is 0 Å². The Kier molecular flexibility index (Phi) is 5.25. The second-order valence-corrected chi connectivity index (χ2v) is 5.75. The molecular formula is C14H20Cl2N2O. The lowest BCUT2D eigenvalue weighted by Crippen LogP contribution is -2.53. The Labute approximate surface area is 125 Å². The van der Waals surface area contributed by atoms with Crippen LogP contribution in [0.2, 0.25) is 5.02 Å². The largest absolute Gasteiger partial charge is 0.345 e. The molecule has 0 aromatic heterocycles. The van der Waals surface area contributed by atoms with Gasteiger partial charge < -0.3 is 11.1 Å². The second-order valence-electron chi connectivity index (χ2n) is 5.31. The molecule has 0 spiro atoms. The maximum absolute atomic E-state index is 12.3. The minimum absolute atomic E-state index is 0. The summed E-state index contributed by atoms with van der Waals surface area (Å²) in [5.41, 5.74) is 7.06. The molecule has 0 heterocycles. The van der Waals surface area contributed by atoms with Crippen LogP contribution >= 0.6 is 24.0 Å². The van der Waals surface area contributed by atoms with Crippen molar-refractivity contribution in [3.05, 3.63) is 34.3 Å². The zero-order chi connectivity index (χ0) is 13.3. The van der Waals surface area contributed by atoms with Crippen LogP contribution in [-0.4, -0.2) is 18.0 Å². The molecule has 19 heavy (non-hydrogen) atoms. The third-order valence-electron chi connectivity index (χ3n) is 3.73. The zero-order valence-electron chi connectivity index (χ0n) is 11.2. The molecule has 5 heteroatoms. The van der Waals surface area contributed by atoms with Gasteiger partial charge in [-0.3, -0.25) is 4.79 Å². The Hall–Kier alpha value is -0.770. The summed E-state index contributed by atoms with van der Waals surface area (Å²) in [6.45, 7) is 4.38. The van der Waals surface area contributed by atoms with Gasteiger partial charge in [0.2, 0.25) is 0 Å². The van der Waals surface area contributed by atoms with E-state index in [9.17, 15) is 4.79 Å². The highest BCUT2D eigenvalue weighted by molar-refractivity contribution is 6.30. The number of hydrogen-bond acceptors (Lipinski definition) is 2. The predicted octanol–water partition coefficient (Wildman–Crippen LogP) is 2.93. The van der Waals surface area contributed by atoms with Crippen LogP contribution in [0.3, 0.4) is 0 Å². The average molecular weight is 303 g/mol. The van der Waals surface area contributed by atoms with Crippen molar-refractivity contribution in [3.63, 3.8) is 0 Å². The second kappa shape index (κ2) is 6.12. The Morgan fingerprint density at radius 1 is 1.53 bits per heavy atom. The molecule has 0 radical (unpaired) electrons. The first-order chi connectivity index (χ1) is 8.46. The van der Waals surface area contributed by atoms with Gasteiger partial charge in [0.25, 0.3) is 5.91 Å². The van der Waals surface area contributed by atoms with Gasteiger partial charge in [-0.05, 0) is 56.4 Å². The van der Waals surface area contributed by atoms with Gasteiger partial charge in [-0.2, -0.15) is 0 Å². The fourth-order valence-electron chi connectivity index (χ4n) is 2.25. The quantitative estimate of drug-likeness (QED) is 0.898. The van der Waals surface area contributed by atoms with E-state index in [0.717, 1.165) is 18.4 Å². The zero-order valence-corrected chi connectivity index (χ0v) is 12.8. The summed E-state index contributed by atoms with van der Waals surface area (Å²) in [4.78, 5) is 12.3. The Morgan fingerprint density at radius 3 is 2.63 bits per heavy atom. The van der Waals surface area contributed by atoms with E-state index < -0.39 is 0 Å². The fraction of sp³-hybridized carbons (Fsp3) is 0.500. The molecule has 0 bridgehead atoms. The highest BCUT2D eigenvalue weighted by Gasteiger charge is 2.41. The fourth-order valence-corrected chi connectivity index (χ4v) is 2.48. The van der Waals surface area contributed by atoms with E-state index in [1.807, 2.05) is 13.8 Å². The van der Waals surface area contributed by atoms with Gasteiger partial charge in [-0.15, -0.1) is 12.4 Å². The third-order valence-corrected chi connectivity index (χ3v) is 3.97. The van der Waals surface area contributed by atoms with Crippen molar-refractivity contribution >= 4 is 29.9 Å². The van der Waals surface area contributed by atoms with E-state index in [1.54, 1.807) is 18.2 Å². The van der Waals surface area contributed by atoms with E-state index in [2.05, 4.69) is 5.32 Å². The van der Waals surface area contributed by atoms with Crippen molar-refractivity contribution in [3.8, 4) is 0 Å². The van der Waals surface area contributed by atoms with Crippen LogP contribution in [-0.2, 0) is 0 Å². The molecule has 1 saturated carbocycles. The summed E-state index contributed by atoms with van der Waals surface area (Å²) in [6.07, 6.45) is 2.29. The molecule has 1 aromatic rings. The van der Waals surface area contributed by atoms with Crippen molar-refractivity contribution in [1.29, 1.82) is 0 Å². The molecule has 2 rings (SSSR count). The number of rotatable bonds is 4. The number of aryl methyl sites for hydroxylation is 1. The predicted molar refractivity (Wildman–Crippen MR) is 81.1 cm³/mol. The van der Waals surface area contributed by atoms with Crippen LogP contribution in [0, 0.1) is 12.8 Å². The number of hydrogen-bond donors (Lipinski definition) is 2. The molecule has 1 aliphatic carbocycles. The third kappa shape index (κ3) is 3.62. The number of halogens is 2. The van der Waals surface area contributed by atoms with E-state index in [1.165, 1.54) is 0 Å². The lowest BCUT2D eigenvalue weighted by molar-refractivity contribution is 0.0897. The molecular weight excluding hydrogens is 283 g/mol. The number of carbonyl (C=O) groups is 1. The highest BCUT2D eigenvalue weighted by atomic mass is 35.5. The minimum Gasteiger partial charge on any atom is -0.345 e. The van der Waals surface area contributed by atoms with Gasteiger partial charge in [-0.25, -0.2) is 0 Å². The summed E-state index contributed by atoms with van der Waals surface area (Å²) in [6, 6.07) is 5.30. The van der Waals surface area contributed by atoms with Crippen LogP contribution in [0.25, 0.3) is 0 Å². The van der Waals surface area contributed by atoms with Crippen molar-refractivity contribution in [2.24, 2.45) is 11.7 Å². The molecule has 3 N–H and O–H groups in total. The van der Waals surface area contributed by atoms with Crippen LogP contribution in [0.5, 0.6) is 0 Å². The Balaban J connectivity index is 0.00000180. The summed E-state index contributed by atoms with van der Waals surface area (Å²) in [7, 11) is 0. The van der Waals surface area contributed by atoms with E-state index >= 15 is 0 Å². The maximum atomic E-state index is 12.3. The summed E-state index contributed by atoms with van der Waals surface area (Å²) in [5, 5.41) is 3.72. The topological polar surface area (TPSA) is 55.1 Å². The average Bonchev–Trinajstić information content (AvgIpc) is 3.12. The van der Waals surface area contributed by atoms with E-state index in [0.29, 0.717) is 23.0 Å². The number of amides is 1. The summed E-state index contributed by atoms with van der Waals surface area (Å²) < 4.78 is 0. The molecule has 1 atom stereocenters. The van der Waals surface area contributed by atoms with Gasteiger partial charge in [0, 0.05) is 17.1 Å². The van der Waals surface area contributed by atoms with Crippen molar-refractivity contribution in [2.75, 3.05) is 6.54 Å². The molecule has 1 unspecified atom stereocenters. The molecule has 106 valence electrons. The lowest BCUT2D eigenvalue weighted by atomic mass is 9.95. The molecule has 1 aliphatic rings. The number of nitrogens with one attached hydrogen (secondary N) is 1. The van der Waals surface area contributed by atoms with Crippen molar-refractivity contribution in [2.45, 2.75) is 32.2 Å². The minimum atomic E-state index is -0.289. The monoisotopic (exact) mass is 302 g/mol. The summed E-state index contributed by atoms with van der Waals surface area (Å²) in [5.74, 6) is 0.447. The first-order valence-electron chi connectivity index (χ1n) is 6.25. The van der Waals surface area contributed by atoms with Crippen LogP contribution in [0.1, 0.15) is 35.7 Å². The normalized spacial score (nSPS) is 17.3. The Morgan fingerprint density at radius 2 is 2.16 bits per heavy atom. The lowest BCUT2D eigenvalue weighted by Gasteiger charge is -2.29. The van der Waals surface area contributed by atoms with Gasteiger partial charge in [0.05, 0.1) is 5.54 Å². The standard InChI is InChI=1S/C14H19ClN2O.ClH/c1-9-7-11(15)5-6-12(9)13(18)17-14(2,8-16)10-3-4-10;/h5-7,10H,3-4,8,16H2,1-2H3,(H,17,18);1H. The Bertz CT molecular complexity index is 475. The number of benzene rings is 1. The molecule has 0 saturated heterocycles. The first kappa shape index (κ1) is 16.3. The molecule has 1 aromatic carbocycles. The number of carbonyl (C=O) groups excluding carboxylic acids is 1. The van der Waals surface area contributed by atoms with Crippen molar-refractivity contribution < 1.29 is 4.79 Å². The van der Waals surface area contributed by atoms with Crippen LogP contribution < -0.4 is 11.1 Å². The van der Waals surface area contributed by atoms with Crippen molar-refractivity contribution in [1.82, 2.24) is 5.32 Å². The van der Waals surface area contributed by atoms with Gasteiger partial charge >= 0.3 is 0 Å². The van der Waals surface area contributed by atoms with Crippen LogP contribution in [0.4, 0.5) is 0 Å². The van der Waals surface area contributed by atoms with Gasteiger partial charge in [0.15, 0.2) is 0 Å². The maximum Gasteiger partial charge on any atom is 0.252 e. The highest BCUT2D eigenvalue weighted by Crippen LogP contribution is 2.39. The van der Waals surface area contributed by atoms with Gasteiger partial charge in [-0.1, -0.05) is 11.6 Å². The van der Waals surface area contributed by atoms with Crippen LogP contribution in [0.15, 0.2) is 18.2 Å². The molecule has 1 fully saturated rings. The number of nitrogens with two attached hydrogens (primary N) is 1. The summed E-state index contributed by atoms with van der Waals surface area (Å²) >= 11 is 5.89. The smallest absolute Gasteiger partial charge is 0.252 e. The molecule has 3 nitrogen and oxygen atoms in total. The molecule has 0 aliphatic heterocycles. The first-order valence-corrected chi connectivity index (χ1v) is 6.63.